The maximum absolute atomic E-state index is 13.9. The number of hydrogen-bond donors (Lipinski definition) is 1. The fourth-order valence-electron chi connectivity index (χ4n) is 3.68. The molecule has 0 radical (unpaired) electrons. The highest BCUT2D eigenvalue weighted by atomic mass is 19.4. The van der Waals surface area contributed by atoms with E-state index in [1.165, 1.54) is 24.0 Å². The summed E-state index contributed by atoms with van der Waals surface area (Å²) in [5.41, 5.74) is 1.42. The number of hydrogen-bond acceptors (Lipinski definition) is 4. The Bertz CT molecular complexity index is 749. The van der Waals surface area contributed by atoms with Gasteiger partial charge in [0.05, 0.1) is 6.61 Å². The molecular formula is C20H28F4N4O2. The molecule has 2 heterocycles. The van der Waals surface area contributed by atoms with Crippen LogP contribution >= 0.6 is 0 Å². The van der Waals surface area contributed by atoms with Gasteiger partial charge in [-0.05, 0) is 38.0 Å². The smallest absolute Gasteiger partial charge is 0.403 e. The molecule has 0 aromatic heterocycles. The van der Waals surface area contributed by atoms with Crippen molar-refractivity contribution in [2.45, 2.75) is 39.1 Å². The van der Waals surface area contributed by atoms with Crippen LogP contribution in [0, 0.1) is 5.82 Å². The Morgan fingerprint density at radius 1 is 1.23 bits per heavy atom. The summed E-state index contributed by atoms with van der Waals surface area (Å²) < 4.78 is 63.5. The van der Waals surface area contributed by atoms with Crippen LogP contribution in [0.15, 0.2) is 17.1 Å². The third kappa shape index (κ3) is 5.54. The Balaban J connectivity index is 1.62. The van der Waals surface area contributed by atoms with E-state index in [1.54, 1.807) is 0 Å². The molecule has 1 saturated heterocycles. The summed E-state index contributed by atoms with van der Waals surface area (Å²) >= 11 is 0. The van der Waals surface area contributed by atoms with Gasteiger partial charge >= 0.3 is 6.18 Å². The molecule has 10 heteroatoms. The first-order valence-electron chi connectivity index (χ1n) is 10.2. The summed E-state index contributed by atoms with van der Waals surface area (Å²) in [6, 6.07) is 1.40. The Hall–Kier alpha value is -2.07. The van der Waals surface area contributed by atoms with Crippen molar-refractivity contribution in [1.29, 1.82) is 0 Å². The number of nitrogens with zero attached hydrogens (tertiary/aromatic N) is 3. The summed E-state index contributed by atoms with van der Waals surface area (Å²) in [6.07, 6.45) is -3.74. The number of nitrogens with one attached hydrogen (secondary N) is 1. The van der Waals surface area contributed by atoms with E-state index in [0.29, 0.717) is 69.6 Å². The molecule has 1 aromatic rings. The van der Waals surface area contributed by atoms with E-state index >= 15 is 0 Å². The second-order valence-corrected chi connectivity index (χ2v) is 7.39. The van der Waals surface area contributed by atoms with Gasteiger partial charge in [-0.2, -0.15) is 13.2 Å². The van der Waals surface area contributed by atoms with Crippen molar-refractivity contribution in [3.63, 3.8) is 0 Å². The van der Waals surface area contributed by atoms with Crippen LogP contribution in [0.1, 0.15) is 25.0 Å². The summed E-state index contributed by atoms with van der Waals surface area (Å²) in [5.74, 6) is 0.965. The SMILES string of the molecule is CCNC(=NCCc1cc(F)cc2c1OCOC2)N1CCN(C(C)C(F)(F)F)CC1. The van der Waals surface area contributed by atoms with Crippen molar-refractivity contribution in [3.8, 4) is 5.75 Å². The first-order chi connectivity index (χ1) is 14.3. The summed E-state index contributed by atoms with van der Waals surface area (Å²) in [7, 11) is 0. The van der Waals surface area contributed by atoms with Gasteiger partial charge in [-0.1, -0.05) is 0 Å². The van der Waals surface area contributed by atoms with Gasteiger partial charge in [-0.3, -0.25) is 9.89 Å². The average molecular weight is 432 g/mol. The summed E-state index contributed by atoms with van der Waals surface area (Å²) in [5, 5.41) is 3.20. The Labute approximate surface area is 173 Å². The minimum absolute atomic E-state index is 0.137. The molecule has 0 amide bonds. The van der Waals surface area contributed by atoms with Crippen LogP contribution in [-0.4, -0.2) is 74.0 Å². The normalized spacial score (nSPS) is 19.3. The molecule has 1 aromatic carbocycles. The molecule has 0 spiro atoms. The molecule has 0 bridgehead atoms. The van der Waals surface area contributed by atoms with Crippen molar-refractivity contribution in [2.75, 3.05) is 46.1 Å². The zero-order valence-corrected chi connectivity index (χ0v) is 17.3. The average Bonchev–Trinajstić information content (AvgIpc) is 2.72. The van der Waals surface area contributed by atoms with Crippen molar-refractivity contribution in [1.82, 2.24) is 15.1 Å². The first kappa shape index (κ1) is 22.6. The second kappa shape index (κ2) is 9.82. The second-order valence-electron chi connectivity index (χ2n) is 7.39. The maximum Gasteiger partial charge on any atom is 0.403 e. The monoisotopic (exact) mass is 432 g/mol. The number of ether oxygens (including phenoxy) is 2. The van der Waals surface area contributed by atoms with Crippen LogP contribution in [-0.2, 0) is 17.8 Å². The molecule has 1 N–H and O–H groups in total. The minimum atomic E-state index is -4.22. The van der Waals surface area contributed by atoms with Gasteiger partial charge in [0.25, 0.3) is 0 Å². The van der Waals surface area contributed by atoms with Gasteiger partial charge in [0.1, 0.15) is 17.6 Å². The predicted octanol–water partition coefficient (Wildman–Crippen LogP) is 2.77. The van der Waals surface area contributed by atoms with Gasteiger partial charge in [0.15, 0.2) is 12.8 Å². The summed E-state index contributed by atoms with van der Waals surface area (Å²) in [4.78, 5) is 8.02. The van der Waals surface area contributed by atoms with Gasteiger partial charge in [-0.25, -0.2) is 4.39 Å². The number of halogens is 4. The Kier molecular flexibility index (Phi) is 7.41. The molecule has 1 unspecified atom stereocenters. The fraction of sp³-hybridized carbons (Fsp3) is 0.650. The zero-order chi connectivity index (χ0) is 21.7. The van der Waals surface area contributed by atoms with Crippen LogP contribution in [0.25, 0.3) is 0 Å². The Morgan fingerprint density at radius 2 is 1.97 bits per heavy atom. The lowest BCUT2D eigenvalue weighted by Gasteiger charge is -2.39. The van der Waals surface area contributed by atoms with Gasteiger partial charge in [0.2, 0.25) is 0 Å². The van der Waals surface area contributed by atoms with Gasteiger partial charge in [-0.15, -0.1) is 0 Å². The number of guanidine groups is 1. The molecule has 1 fully saturated rings. The van der Waals surface area contributed by atoms with Gasteiger partial charge < -0.3 is 19.7 Å². The number of alkyl halides is 3. The molecule has 3 rings (SSSR count). The minimum Gasteiger partial charge on any atom is -0.467 e. The van der Waals surface area contributed by atoms with E-state index in [4.69, 9.17) is 9.47 Å². The quantitative estimate of drug-likeness (QED) is 0.441. The fourth-order valence-corrected chi connectivity index (χ4v) is 3.68. The number of aliphatic imine (C=N–C) groups is 1. The van der Waals surface area contributed by atoms with Crippen molar-refractivity contribution < 1.29 is 27.0 Å². The van der Waals surface area contributed by atoms with Crippen LogP contribution in [0.2, 0.25) is 0 Å². The standard InChI is InChI=1S/C20H28F4N4O2/c1-3-25-19(28-8-6-27(7-9-28)14(2)20(22,23)24)26-5-4-15-10-17(21)11-16-12-29-13-30-18(15)16/h10-11,14H,3-9,12-13H2,1-2H3,(H,25,26). The van der Waals surface area contributed by atoms with E-state index in [1.807, 2.05) is 11.8 Å². The molecule has 2 aliphatic rings. The topological polar surface area (TPSA) is 49.3 Å². The first-order valence-corrected chi connectivity index (χ1v) is 10.2. The zero-order valence-electron chi connectivity index (χ0n) is 17.3. The highest BCUT2D eigenvalue weighted by Gasteiger charge is 2.41. The van der Waals surface area contributed by atoms with Crippen LogP contribution in [0.4, 0.5) is 17.6 Å². The Morgan fingerprint density at radius 3 is 2.63 bits per heavy atom. The van der Waals surface area contributed by atoms with Crippen molar-refractivity contribution >= 4 is 5.96 Å². The van der Waals surface area contributed by atoms with Crippen molar-refractivity contribution in [2.24, 2.45) is 4.99 Å². The third-order valence-electron chi connectivity index (χ3n) is 5.36. The third-order valence-corrected chi connectivity index (χ3v) is 5.36. The van der Waals surface area contributed by atoms with Crippen LogP contribution in [0.5, 0.6) is 5.75 Å². The lowest BCUT2D eigenvalue weighted by atomic mass is 10.1. The molecule has 30 heavy (non-hydrogen) atoms. The maximum atomic E-state index is 13.9. The summed E-state index contributed by atoms with van der Waals surface area (Å²) in [6.45, 7) is 6.19. The lowest BCUT2D eigenvalue weighted by molar-refractivity contribution is -0.181. The molecule has 6 nitrogen and oxygen atoms in total. The lowest BCUT2D eigenvalue weighted by Crippen LogP contribution is -2.56. The van der Waals surface area contributed by atoms with E-state index in [-0.39, 0.29) is 12.6 Å². The van der Waals surface area contributed by atoms with E-state index < -0.39 is 12.2 Å². The highest BCUT2D eigenvalue weighted by Crippen LogP contribution is 2.30. The van der Waals surface area contributed by atoms with E-state index in [9.17, 15) is 17.6 Å². The number of benzene rings is 1. The molecule has 0 aliphatic carbocycles. The van der Waals surface area contributed by atoms with Crippen LogP contribution < -0.4 is 10.1 Å². The largest absolute Gasteiger partial charge is 0.467 e. The molecule has 168 valence electrons. The number of piperazine rings is 1. The highest BCUT2D eigenvalue weighted by molar-refractivity contribution is 5.80. The van der Waals surface area contributed by atoms with E-state index in [2.05, 4.69) is 10.3 Å². The predicted molar refractivity (Wildman–Crippen MR) is 105 cm³/mol. The van der Waals surface area contributed by atoms with Gasteiger partial charge in [0, 0.05) is 44.8 Å². The molecule has 1 atom stereocenters. The van der Waals surface area contributed by atoms with E-state index in [0.717, 1.165) is 5.56 Å². The molecular weight excluding hydrogens is 404 g/mol. The van der Waals surface area contributed by atoms with Crippen LogP contribution in [0.3, 0.4) is 0 Å². The number of fused-ring (bicyclic) bond motifs is 1. The molecule has 0 saturated carbocycles. The van der Waals surface area contributed by atoms with Crippen molar-refractivity contribution in [3.05, 3.63) is 29.1 Å². The number of rotatable bonds is 5. The molecule has 2 aliphatic heterocycles.